The normalized spacial score (nSPS) is 13.3. The molecule has 0 aliphatic rings. The van der Waals surface area contributed by atoms with Gasteiger partial charge >= 0.3 is 13.8 Å². The highest BCUT2D eigenvalue weighted by atomic mass is 31.2. The minimum Gasteiger partial charge on any atom is -0.457 e. The van der Waals surface area contributed by atoms with Crippen LogP contribution in [-0.2, 0) is 27.9 Å². The number of carbonyl (C=O) groups excluding carboxylic acids is 1. The summed E-state index contributed by atoms with van der Waals surface area (Å²) in [6, 6.07) is 0. The van der Waals surface area contributed by atoms with E-state index in [9.17, 15) is 14.3 Å². The van der Waals surface area contributed by atoms with Crippen LogP contribution in [0.3, 0.4) is 0 Å². The van der Waals surface area contributed by atoms with Crippen LogP contribution < -0.4 is 5.73 Å². The Balaban J connectivity index is 3.84. The van der Waals surface area contributed by atoms with Crippen LogP contribution >= 0.6 is 7.82 Å². The topological polar surface area (TPSA) is 117 Å². The first kappa shape index (κ1) is 66.0. The van der Waals surface area contributed by atoms with Crippen molar-refractivity contribution in [3.05, 3.63) is 24.3 Å². The molecule has 0 aromatic carbocycles. The van der Waals surface area contributed by atoms with Crippen molar-refractivity contribution in [3.8, 4) is 0 Å². The molecule has 2 unspecified atom stereocenters. The highest BCUT2D eigenvalue weighted by Gasteiger charge is 2.25. The van der Waals surface area contributed by atoms with Crippen molar-refractivity contribution in [2.45, 2.75) is 309 Å². The molecule has 0 aliphatic heterocycles. The van der Waals surface area contributed by atoms with Crippen molar-refractivity contribution in [2.24, 2.45) is 5.73 Å². The molecular weight excluding hydrogens is 854 g/mol. The average molecular weight is 969 g/mol. The molecule has 0 radical (unpaired) electrons. The van der Waals surface area contributed by atoms with Gasteiger partial charge in [-0.3, -0.25) is 13.8 Å². The Morgan fingerprint density at radius 1 is 0.448 bits per heavy atom. The smallest absolute Gasteiger partial charge is 0.457 e. The predicted octanol–water partition coefficient (Wildman–Crippen LogP) is 18.7. The fraction of sp³-hybridized carbons (Fsp3) is 0.914. The molecule has 2 atom stereocenters. The van der Waals surface area contributed by atoms with Crippen molar-refractivity contribution in [1.82, 2.24) is 0 Å². The Hall–Kier alpha value is -1.02. The van der Waals surface area contributed by atoms with Gasteiger partial charge in [-0.15, -0.1) is 0 Å². The highest BCUT2D eigenvalue weighted by molar-refractivity contribution is 7.47. The molecule has 0 heterocycles. The summed E-state index contributed by atoms with van der Waals surface area (Å²) in [6.07, 6.45) is 66.6. The zero-order chi connectivity index (χ0) is 48.7. The van der Waals surface area contributed by atoms with E-state index in [1.54, 1.807) is 0 Å². The SMILES string of the molecule is CCCCCCC/C=C\C/C=C\CCCCCCCCCCCCCCOCC(COP(=O)(O)OCCN)OC(=O)CCCCCCCCCCCCCCCCCCCCCCCCCC. The molecule has 67 heavy (non-hydrogen) atoms. The lowest BCUT2D eigenvalue weighted by atomic mass is 10.0. The number of phosphoric acid groups is 1. The number of hydrogen-bond acceptors (Lipinski definition) is 7. The van der Waals surface area contributed by atoms with Crippen molar-refractivity contribution >= 4 is 13.8 Å². The zero-order valence-electron chi connectivity index (χ0n) is 44.7. The molecule has 0 aliphatic carbocycles. The number of phosphoric ester groups is 1. The van der Waals surface area contributed by atoms with Gasteiger partial charge in [0.15, 0.2) is 0 Å². The van der Waals surface area contributed by atoms with E-state index in [2.05, 4.69) is 38.2 Å². The third kappa shape index (κ3) is 55.8. The summed E-state index contributed by atoms with van der Waals surface area (Å²) in [6.45, 7) is 4.98. The standard InChI is InChI=1S/C58H114NO7P/c1-3-5-7-9-11-13-15-17-19-21-23-25-27-29-31-33-35-37-39-41-43-45-47-49-51-58(60)66-57(56-65-67(61,62)64-54-52-59)55-63-53-50-48-46-44-42-40-38-36-34-32-30-28-26-24-22-20-18-16-14-12-10-8-6-4-2/h16,18,22,24,57H,3-15,17,19-21,23,25-56,59H2,1-2H3,(H,61,62)/b18-16-,24-22-. The summed E-state index contributed by atoms with van der Waals surface area (Å²) in [5.74, 6) is -0.322. The Morgan fingerprint density at radius 2 is 0.791 bits per heavy atom. The minimum atomic E-state index is -4.28. The molecule has 398 valence electrons. The van der Waals surface area contributed by atoms with Crippen molar-refractivity contribution < 1.29 is 32.8 Å². The Kier molecular flexibility index (Phi) is 55.1. The number of ether oxygens (including phenoxy) is 2. The Bertz CT molecular complexity index is 1090. The molecule has 0 saturated carbocycles. The molecule has 0 spiro atoms. The van der Waals surface area contributed by atoms with E-state index in [4.69, 9.17) is 24.3 Å². The highest BCUT2D eigenvalue weighted by Crippen LogP contribution is 2.43. The molecule has 8 nitrogen and oxygen atoms in total. The van der Waals surface area contributed by atoms with E-state index in [1.165, 1.54) is 244 Å². The monoisotopic (exact) mass is 968 g/mol. The average Bonchev–Trinajstić information content (AvgIpc) is 3.32. The molecule has 0 saturated heterocycles. The predicted molar refractivity (Wildman–Crippen MR) is 289 cm³/mol. The van der Waals surface area contributed by atoms with E-state index < -0.39 is 13.9 Å². The van der Waals surface area contributed by atoms with Crippen LogP contribution in [0.4, 0.5) is 0 Å². The van der Waals surface area contributed by atoms with Gasteiger partial charge in [0.1, 0.15) is 6.10 Å². The van der Waals surface area contributed by atoms with E-state index in [0.717, 1.165) is 38.5 Å². The molecule has 0 amide bonds. The number of nitrogens with two attached hydrogens (primary N) is 1. The van der Waals surface area contributed by atoms with Gasteiger partial charge in [-0.1, -0.05) is 276 Å². The first-order valence-electron chi connectivity index (χ1n) is 29.3. The lowest BCUT2D eigenvalue weighted by Crippen LogP contribution is -2.28. The second-order valence-corrected chi connectivity index (χ2v) is 21.3. The third-order valence-corrected chi connectivity index (χ3v) is 14.1. The van der Waals surface area contributed by atoms with Gasteiger partial charge in [-0.2, -0.15) is 0 Å². The van der Waals surface area contributed by atoms with E-state index in [-0.39, 0.29) is 32.3 Å². The van der Waals surface area contributed by atoms with Crippen molar-refractivity contribution in [3.63, 3.8) is 0 Å². The molecular formula is C58H114NO7P. The molecule has 0 bridgehead atoms. The lowest BCUT2D eigenvalue weighted by Gasteiger charge is -2.20. The van der Waals surface area contributed by atoms with Crippen LogP contribution in [0.25, 0.3) is 0 Å². The number of carbonyl (C=O) groups is 1. The van der Waals surface area contributed by atoms with Gasteiger partial charge in [0, 0.05) is 19.6 Å². The molecule has 0 aromatic heterocycles. The maximum Gasteiger partial charge on any atom is 0.472 e. The van der Waals surface area contributed by atoms with E-state index in [1.807, 2.05) is 0 Å². The minimum absolute atomic E-state index is 0.0927. The zero-order valence-corrected chi connectivity index (χ0v) is 45.6. The van der Waals surface area contributed by atoms with Crippen molar-refractivity contribution in [2.75, 3.05) is 33.0 Å². The quantitative estimate of drug-likeness (QED) is 0.0268. The molecule has 9 heteroatoms. The molecule has 3 N–H and O–H groups in total. The molecule has 0 fully saturated rings. The maximum absolute atomic E-state index is 12.7. The van der Waals surface area contributed by atoms with Gasteiger partial charge in [-0.25, -0.2) is 4.57 Å². The van der Waals surface area contributed by atoms with Crippen LogP contribution in [-0.4, -0.2) is 49.9 Å². The van der Waals surface area contributed by atoms with Crippen LogP contribution in [0.1, 0.15) is 303 Å². The van der Waals surface area contributed by atoms with Crippen LogP contribution in [0.2, 0.25) is 0 Å². The van der Waals surface area contributed by atoms with E-state index in [0.29, 0.717) is 13.0 Å². The summed E-state index contributed by atoms with van der Waals surface area (Å²) in [4.78, 5) is 22.7. The summed E-state index contributed by atoms with van der Waals surface area (Å²) < 4.78 is 33.7. The van der Waals surface area contributed by atoms with Gasteiger partial charge in [0.2, 0.25) is 0 Å². The number of unbranched alkanes of at least 4 members (excludes halogenated alkanes) is 40. The molecule has 0 aromatic rings. The Labute approximate surface area is 416 Å². The number of esters is 1. The van der Waals surface area contributed by atoms with E-state index >= 15 is 0 Å². The third-order valence-electron chi connectivity index (χ3n) is 13.1. The second-order valence-electron chi connectivity index (χ2n) is 19.9. The number of hydrogen-bond donors (Lipinski definition) is 2. The maximum atomic E-state index is 12.7. The first-order chi connectivity index (χ1) is 32.9. The van der Waals surface area contributed by atoms with Crippen molar-refractivity contribution in [1.29, 1.82) is 0 Å². The summed E-state index contributed by atoms with van der Waals surface area (Å²) in [5, 5.41) is 0. The molecule has 0 rings (SSSR count). The lowest BCUT2D eigenvalue weighted by molar-refractivity contribution is -0.154. The van der Waals surface area contributed by atoms with Gasteiger partial charge in [0.25, 0.3) is 0 Å². The fourth-order valence-corrected chi connectivity index (χ4v) is 9.56. The first-order valence-corrected chi connectivity index (χ1v) is 30.8. The number of allylic oxidation sites excluding steroid dienone is 4. The van der Waals surface area contributed by atoms with Crippen LogP contribution in [0, 0.1) is 0 Å². The largest absolute Gasteiger partial charge is 0.472 e. The van der Waals surface area contributed by atoms with Crippen LogP contribution in [0.5, 0.6) is 0 Å². The Morgan fingerprint density at radius 3 is 1.16 bits per heavy atom. The van der Waals surface area contributed by atoms with Crippen LogP contribution in [0.15, 0.2) is 24.3 Å². The second kappa shape index (κ2) is 55.9. The summed E-state index contributed by atoms with van der Waals surface area (Å²) in [7, 11) is -4.28. The summed E-state index contributed by atoms with van der Waals surface area (Å²) in [5.41, 5.74) is 5.41. The fourth-order valence-electron chi connectivity index (χ4n) is 8.80. The van der Waals surface area contributed by atoms with Gasteiger partial charge in [-0.05, 0) is 44.9 Å². The summed E-state index contributed by atoms with van der Waals surface area (Å²) >= 11 is 0. The van der Waals surface area contributed by atoms with Gasteiger partial charge in [0.05, 0.1) is 19.8 Å². The number of rotatable bonds is 57. The van der Waals surface area contributed by atoms with Gasteiger partial charge < -0.3 is 20.1 Å².